The maximum absolute atomic E-state index is 12.1. The van der Waals surface area contributed by atoms with Gasteiger partial charge in [0.1, 0.15) is 17.9 Å². The first kappa shape index (κ1) is 19.1. The fraction of sp³-hybridized carbons (Fsp3) is 0.208. The summed E-state index contributed by atoms with van der Waals surface area (Å²) in [7, 11) is 0. The van der Waals surface area contributed by atoms with Crippen LogP contribution in [0.5, 0.6) is 5.75 Å². The van der Waals surface area contributed by atoms with E-state index in [2.05, 4.69) is 5.10 Å². The van der Waals surface area contributed by atoms with E-state index in [-0.39, 0.29) is 18.8 Å². The zero-order chi connectivity index (χ0) is 21.2. The van der Waals surface area contributed by atoms with Crippen LogP contribution in [0.15, 0.2) is 70.1 Å². The number of benzene rings is 2. The predicted molar refractivity (Wildman–Crippen MR) is 113 cm³/mol. The highest BCUT2D eigenvalue weighted by Gasteiger charge is 2.19. The number of esters is 1. The highest BCUT2D eigenvalue weighted by Crippen LogP contribution is 2.29. The molecule has 2 aromatic heterocycles. The average Bonchev–Trinajstić information content (AvgIpc) is 3.49. The van der Waals surface area contributed by atoms with Crippen molar-refractivity contribution in [3.05, 3.63) is 88.0 Å². The number of carbonyl (C=O) groups excluding carboxylic acids is 1. The summed E-state index contributed by atoms with van der Waals surface area (Å²) in [5, 5.41) is 5.11. The second kappa shape index (κ2) is 8.10. The molecule has 0 radical (unpaired) electrons. The Morgan fingerprint density at radius 3 is 2.74 bits per heavy atom. The smallest absolute Gasteiger partial charge is 0.344 e. The molecule has 156 valence electrons. The van der Waals surface area contributed by atoms with Gasteiger partial charge in [0.05, 0.1) is 5.69 Å². The molecule has 7 nitrogen and oxygen atoms in total. The average molecular weight is 416 g/mol. The third-order valence-electron chi connectivity index (χ3n) is 5.41. The Hall–Kier alpha value is -3.87. The minimum Gasteiger partial charge on any atom is -0.482 e. The van der Waals surface area contributed by atoms with Gasteiger partial charge in [-0.2, -0.15) is 5.10 Å². The van der Waals surface area contributed by atoms with Crippen molar-refractivity contribution in [1.82, 2.24) is 9.78 Å². The number of ether oxygens (including phenoxy) is 2. The Bertz CT molecular complexity index is 1290. The molecule has 0 atom stereocenters. The number of hydrogen-bond donors (Lipinski definition) is 0. The molecular formula is C24H20N2O5. The molecule has 2 heterocycles. The Kier molecular flexibility index (Phi) is 5.00. The molecule has 0 saturated carbocycles. The summed E-state index contributed by atoms with van der Waals surface area (Å²) in [6, 6.07) is 14.7. The molecule has 0 spiro atoms. The molecule has 4 aromatic rings. The maximum Gasteiger partial charge on any atom is 0.344 e. The summed E-state index contributed by atoms with van der Waals surface area (Å²) in [4.78, 5) is 24.2. The zero-order valence-electron chi connectivity index (χ0n) is 16.7. The number of nitrogens with zero attached hydrogens (tertiary/aromatic N) is 2. The normalized spacial score (nSPS) is 12.6. The lowest BCUT2D eigenvalue weighted by Crippen LogP contribution is -2.15. The molecule has 0 bridgehead atoms. The van der Waals surface area contributed by atoms with Gasteiger partial charge in [-0.3, -0.25) is 0 Å². The quantitative estimate of drug-likeness (QED) is 0.353. The van der Waals surface area contributed by atoms with Crippen LogP contribution in [0.4, 0.5) is 0 Å². The topological polar surface area (TPSA) is 83.6 Å². The van der Waals surface area contributed by atoms with E-state index in [4.69, 9.17) is 13.9 Å². The number of hydrogen-bond acceptors (Lipinski definition) is 6. The summed E-state index contributed by atoms with van der Waals surface area (Å²) in [6.45, 7) is -0.0770. The van der Waals surface area contributed by atoms with Gasteiger partial charge in [-0.25, -0.2) is 14.3 Å². The Labute approximate surface area is 177 Å². The lowest BCUT2D eigenvalue weighted by molar-refractivity contribution is -0.147. The van der Waals surface area contributed by atoms with E-state index < -0.39 is 5.97 Å². The lowest BCUT2D eigenvalue weighted by atomic mass is 10.1. The van der Waals surface area contributed by atoms with Gasteiger partial charge in [-0.15, -0.1) is 0 Å². The molecule has 2 aromatic carbocycles. The van der Waals surface area contributed by atoms with E-state index >= 15 is 0 Å². The van der Waals surface area contributed by atoms with E-state index in [0.717, 1.165) is 47.0 Å². The van der Waals surface area contributed by atoms with Gasteiger partial charge < -0.3 is 13.9 Å². The summed E-state index contributed by atoms with van der Waals surface area (Å²) in [6.07, 6.45) is 6.19. The van der Waals surface area contributed by atoms with E-state index in [0.29, 0.717) is 11.3 Å². The SMILES string of the molecule is O=C(COc1ccc2c3c(c(=O)oc2c1)CCC3)OCc1ccc(-n2cccn2)cc1. The van der Waals surface area contributed by atoms with Crippen LogP contribution in [0, 0.1) is 0 Å². The molecule has 0 N–H and O–H groups in total. The highest BCUT2D eigenvalue weighted by atomic mass is 16.6. The van der Waals surface area contributed by atoms with Crippen molar-refractivity contribution >= 4 is 16.9 Å². The second-order valence-corrected chi connectivity index (χ2v) is 7.42. The van der Waals surface area contributed by atoms with Crippen LogP contribution >= 0.6 is 0 Å². The van der Waals surface area contributed by atoms with E-state index in [1.165, 1.54) is 0 Å². The van der Waals surface area contributed by atoms with Crippen LogP contribution < -0.4 is 10.4 Å². The molecule has 1 aliphatic carbocycles. The standard InChI is InChI=1S/C24H20N2O5/c27-23(30-14-16-5-7-17(8-6-16)26-12-2-11-25-26)15-29-18-9-10-20-19-3-1-4-21(19)24(28)31-22(20)13-18/h2,5-13H,1,3-4,14-15H2. The van der Waals surface area contributed by atoms with Crippen molar-refractivity contribution in [2.24, 2.45) is 0 Å². The number of aryl methyl sites for hydroxylation is 1. The van der Waals surface area contributed by atoms with Crippen molar-refractivity contribution in [2.75, 3.05) is 6.61 Å². The van der Waals surface area contributed by atoms with Gasteiger partial charge in [0.2, 0.25) is 0 Å². The Morgan fingerprint density at radius 1 is 1.10 bits per heavy atom. The molecule has 0 aliphatic heterocycles. The van der Waals surface area contributed by atoms with Gasteiger partial charge in [-0.1, -0.05) is 12.1 Å². The monoisotopic (exact) mass is 416 g/mol. The first-order valence-electron chi connectivity index (χ1n) is 10.1. The summed E-state index contributed by atoms with van der Waals surface area (Å²) in [5.74, 6) is -0.0271. The molecule has 0 amide bonds. The minimum atomic E-state index is -0.480. The fourth-order valence-corrected chi connectivity index (χ4v) is 3.87. The van der Waals surface area contributed by atoms with Crippen molar-refractivity contribution in [1.29, 1.82) is 0 Å². The summed E-state index contributed by atoms with van der Waals surface area (Å²) >= 11 is 0. The van der Waals surface area contributed by atoms with Crippen LogP contribution in [0.2, 0.25) is 0 Å². The second-order valence-electron chi connectivity index (χ2n) is 7.42. The zero-order valence-corrected chi connectivity index (χ0v) is 16.7. The van der Waals surface area contributed by atoms with Crippen molar-refractivity contribution in [2.45, 2.75) is 25.9 Å². The van der Waals surface area contributed by atoms with Crippen LogP contribution in [-0.2, 0) is 29.0 Å². The number of rotatable bonds is 6. The number of fused-ring (bicyclic) bond motifs is 3. The number of aromatic nitrogens is 2. The molecule has 5 rings (SSSR count). The van der Waals surface area contributed by atoms with E-state index in [9.17, 15) is 9.59 Å². The van der Waals surface area contributed by atoms with Crippen LogP contribution in [0.3, 0.4) is 0 Å². The van der Waals surface area contributed by atoms with Gasteiger partial charge in [-0.05, 0) is 60.7 Å². The summed E-state index contributed by atoms with van der Waals surface area (Å²) < 4.78 is 18.0. The predicted octanol–water partition coefficient (Wildman–Crippen LogP) is 3.59. The molecule has 1 aliphatic rings. The number of carbonyl (C=O) groups is 1. The van der Waals surface area contributed by atoms with Gasteiger partial charge in [0.15, 0.2) is 6.61 Å². The molecule has 31 heavy (non-hydrogen) atoms. The largest absolute Gasteiger partial charge is 0.482 e. The maximum atomic E-state index is 12.1. The Morgan fingerprint density at radius 2 is 1.94 bits per heavy atom. The van der Waals surface area contributed by atoms with Crippen LogP contribution in [0.25, 0.3) is 16.7 Å². The first-order chi connectivity index (χ1) is 15.2. The van der Waals surface area contributed by atoms with Gasteiger partial charge in [0.25, 0.3) is 0 Å². The molecule has 7 heteroatoms. The van der Waals surface area contributed by atoms with Crippen molar-refractivity contribution in [3.63, 3.8) is 0 Å². The van der Waals surface area contributed by atoms with Crippen molar-refractivity contribution < 1.29 is 18.7 Å². The molecular weight excluding hydrogens is 396 g/mol. The fourth-order valence-electron chi connectivity index (χ4n) is 3.87. The highest BCUT2D eigenvalue weighted by molar-refractivity contribution is 5.83. The van der Waals surface area contributed by atoms with E-state index in [1.807, 2.05) is 42.6 Å². The lowest BCUT2D eigenvalue weighted by Gasteiger charge is -2.09. The van der Waals surface area contributed by atoms with Gasteiger partial charge in [0, 0.05) is 29.4 Å². The summed E-state index contributed by atoms with van der Waals surface area (Å²) in [5.41, 5.74) is 3.84. The van der Waals surface area contributed by atoms with Crippen LogP contribution in [0.1, 0.15) is 23.1 Å². The van der Waals surface area contributed by atoms with Crippen molar-refractivity contribution in [3.8, 4) is 11.4 Å². The Balaban J connectivity index is 1.18. The molecule has 0 unspecified atom stereocenters. The third kappa shape index (κ3) is 3.94. The minimum absolute atomic E-state index is 0.153. The molecule has 0 fully saturated rings. The molecule has 0 saturated heterocycles. The van der Waals surface area contributed by atoms with Gasteiger partial charge >= 0.3 is 11.6 Å². The third-order valence-corrected chi connectivity index (χ3v) is 5.41. The van der Waals surface area contributed by atoms with E-state index in [1.54, 1.807) is 23.0 Å². The first-order valence-corrected chi connectivity index (χ1v) is 10.1. The van der Waals surface area contributed by atoms with Crippen LogP contribution in [-0.4, -0.2) is 22.4 Å².